The molecule has 0 unspecified atom stereocenters. The number of nitrogens with one attached hydrogen (secondary N) is 2. The molecule has 5 rings (SSSR count). The zero-order valence-corrected chi connectivity index (χ0v) is 21.1. The number of ether oxygens (including phenoxy) is 1. The number of carbonyl (C=O) groups is 2. The minimum Gasteiger partial charge on any atom is -0.465 e. The van der Waals surface area contributed by atoms with Crippen molar-refractivity contribution in [1.29, 1.82) is 0 Å². The molecule has 8 nitrogen and oxygen atoms in total. The molecule has 0 bridgehead atoms. The van der Waals surface area contributed by atoms with Gasteiger partial charge in [0, 0.05) is 30.4 Å². The number of amides is 1. The summed E-state index contributed by atoms with van der Waals surface area (Å²) in [6, 6.07) is 25.5. The van der Waals surface area contributed by atoms with Crippen molar-refractivity contribution in [2.24, 2.45) is 5.73 Å². The van der Waals surface area contributed by atoms with E-state index in [4.69, 9.17) is 15.5 Å². The smallest absolute Gasteiger partial charge is 0.325 e. The Bertz CT molecular complexity index is 1630. The van der Waals surface area contributed by atoms with Crippen molar-refractivity contribution in [2.45, 2.75) is 20.0 Å². The average molecular weight is 508 g/mol. The summed E-state index contributed by atoms with van der Waals surface area (Å²) in [7, 11) is 0. The van der Waals surface area contributed by atoms with E-state index in [2.05, 4.69) is 22.8 Å². The molecule has 0 aliphatic heterocycles. The molecule has 0 saturated heterocycles. The van der Waals surface area contributed by atoms with Crippen molar-refractivity contribution in [3.8, 4) is 11.3 Å². The van der Waals surface area contributed by atoms with E-state index in [0.29, 0.717) is 42.4 Å². The SMILES string of the molecule is CCOC(=O)CNc1c(-c2ccc3ccccc3c2)nc2cc(C(=O)NCc3cccc(CN)c3)ccn12. The van der Waals surface area contributed by atoms with Crippen LogP contribution in [0.2, 0.25) is 0 Å². The molecule has 0 saturated carbocycles. The van der Waals surface area contributed by atoms with Crippen LogP contribution in [0.3, 0.4) is 0 Å². The van der Waals surface area contributed by atoms with Gasteiger partial charge in [-0.05, 0) is 47.0 Å². The largest absolute Gasteiger partial charge is 0.465 e. The first-order valence-corrected chi connectivity index (χ1v) is 12.5. The summed E-state index contributed by atoms with van der Waals surface area (Å²) in [5, 5.41) is 8.36. The summed E-state index contributed by atoms with van der Waals surface area (Å²) in [5.74, 6) is 0.0810. The first kappa shape index (κ1) is 25.0. The number of rotatable bonds is 9. The normalized spacial score (nSPS) is 11.0. The topological polar surface area (TPSA) is 111 Å². The van der Waals surface area contributed by atoms with Crippen molar-refractivity contribution in [1.82, 2.24) is 14.7 Å². The second-order valence-corrected chi connectivity index (χ2v) is 8.88. The van der Waals surface area contributed by atoms with E-state index in [1.54, 1.807) is 25.3 Å². The second-order valence-electron chi connectivity index (χ2n) is 8.88. The number of hydrogen-bond acceptors (Lipinski definition) is 6. The average Bonchev–Trinajstić information content (AvgIpc) is 3.32. The Balaban J connectivity index is 1.46. The van der Waals surface area contributed by atoms with Crippen LogP contribution in [0.15, 0.2) is 85.1 Å². The summed E-state index contributed by atoms with van der Waals surface area (Å²) in [4.78, 5) is 29.9. The number of imidazole rings is 1. The van der Waals surface area contributed by atoms with Gasteiger partial charge in [-0.25, -0.2) is 4.98 Å². The Morgan fingerprint density at radius 1 is 0.947 bits per heavy atom. The molecule has 0 atom stereocenters. The summed E-state index contributed by atoms with van der Waals surface area (Å²) >= 11 is 0. The lowest BCUT2D eigenvalue weighted by Crippen LogP contribution is -2.23. The lowest BCUT2D eigenvalue weighted by molar-refractivity contribution is -0.140. The number of benzene rings is 3. The van der Waals surface area contributed by atoms with Crippen LogP contribution < -0.4 is 16.4 Å². The maximum Gasteiger partial charge on any atom is 0.325 e. The number of pyridine rings is 1. The molecule has 192 valence electrons. The highest BCUT2D eigenvalue weighted by atomic mass is 16.5. The minimum atomic E-state index is -0.360. The van der Waals surface area contributed by atoms with E-state index in [1.165, 1.54) is 0 Å². The van der Waals surface area contributed by atoms with Crippen LogP contribution in [-0.4, -0.2) is 34.4 Å². The molecule has 3 aromatic carbocycles. The van der Waals surface area contributed by atoms with Crippen molar-refractivity contribution in [3.05, 3.63) is 102 Å². The zero-order chi connectivity index (χ0) is 26.5. The van der Waals surface area contributed by atoms with Crippen LogP contribution >= 0.6 is 0 Å². The maximum atomic E-state index is 13.0. The van der Waals surface area contributed by atoms with Gasteiger partial charge in [-0.1, -0.05) is 60.7 Å². The standard InChI is InChI=1S/C30H29N5O3/c1-2-38-27(36)19-32-29-28(24-11-10-22-8-3-4-9-23(22)15-24)34-26-16-25(12-13-35(26)29)30(37)33-18-21-7-5-6-20(14-21)17-31/h3-16,32H,2,17-19,31H2,1H3,(H,33,37). The van der Waals surface area contributed by atoms with Gasteiger partial charge >= 0.3 is 5.97 Å². The molecular formula is C30H29N5O3. The fraction of sp³-hybridized carbons (Fsp3) is 0.167. The molecule has 1 amide bonds. The number of hydrogen-bond donors (Lipinski definition) is 3. The van der Waals surface area contributed by atoms with Gasteiger partial charge in [-0.15, -0.1) is 0 Å². The van der Waals surface area contributed by atoms with Gasteiger partial charge in [-0.2, -0.15) is 0 Å². The van der Waals surface area contributed by atoms with Crippen LogP contribution in [0.25, 0.3) is 27.7 Å². The number of nitrogens with zero attached hydrogens (tertiary/aromatic N) is 2. The van der Waals surface area contributed by atoms with Crippen LogP contribution in [0, 0.1) is 0 Å². The van der Waals surface area contributed by atoms with Gasteiger partial charge < -0.3 is 21.1 Å². The Morgan fingerprint density at radius 2 is 1.76 bits per heavy atom. The first-order valence-electron chi connectivity index (χ1n) is 12.5. The second kappa shape index (κ2) is 11.1. The Labute approximate surface area is 220 Å². The molecule has 2 aromatic heterocycles. The van der Waals surface area contributed by atoms with Crippen molar-refractivity contribution >= 4 is 34.1 Å². The highest BCUT2D eigenvalue weighted by Crippen LogP contribution is 2.31. The minimum absolute atomic E-state index is 0.00762. The van der Waals surface area contributed by atoms with E-state index in [-0.39, 0.29) is 18.4 Å². The molecule has 4 N–H and O–H groups in total. The van der Waals surface area contributed by atoms with Gasteiger partial charge in [0.2, 0.25) is 0 Å². The summed E-state index contributed by atoms with van der Waals surface area (Å²) in [5.41, 5.74) is 10.4. The Hall–Kier alpha value is -4.69. The van der Waals surface area contributed by atoms with Crippen LogP contribution in [0.4, 0.5) is 5.82 Å². The van der Waals surface area contributed by atoms with Crippen molar-refractivity contribution in [2.75, 3.05) is 18.5 Å². The molecule has 5 aromatic rings. The van der Waals surface area contributed by atoms with Gasteiger partial charge in [0.15, 0.2) is 0 Å². The quantitative estimate of drug-likeness (QED) is 0.253. The first-order chi connectivity index (χ1) is 18.6. The predicted octanol–water partition coefficient (Wildman–Crippen LogP) is 4.52. The summed E-state index contributed by atoms with van der Waals surface area (Å²) < 4.78 is 6.93. The molecule has 0 fully saturated rings. The lowest BCUT2D eigenvalue weighted by Gasteiger charge is -2.10. The van der Waals surface area contributed by atoms with Crippen molar-refractivity contribution in [3.63, 3.8) is 0 Å². The summed E-state index contributed by atoms with van der Waals surface area (Å²) in [6.07, 6.45) is 1.78. The molecule has 8 heteroatoms. The fourth-order valence-electron chi connectivity index (χ4n) is 4.41. The van der Waals surface area contributed by atoms with Gasteiger partial charge in [0.05, 0.1) is 6.61 Å². The molecule has 38 heavy (non-hydrogen) atoms. The molecule has 0 radical (unpaired) electrons. The van der Waals surface area contributed by atoms with Gasteiger partial charge in [0.1, 0.15) is 23.7 Å². The Kier molecular flexibility index (Phi) is 7.33. The third-order valence-corrected chi connectivity index (χ3v) is 6.30. The van der Waals surface area contributed by atoms with Crippen LogP contribution in [0.5, 0.6) is 0 Å². The zero-order valence-electron chi connectivity index (χ0n) is 21.1. The Morgan fingerprint density at radius 3 is 2.58 bits per heavy atom. The van der Waals surface area contributed by atoms with E-state index >= 15 is 0 Å². The lowest BCUT2D eigenvalue weighted by atomic mass is 10.1. The van der Waals surface area contributed by atoms with Gasteiger partial charge in [0.25, 0.3) is 5.91 Å². The van der Waals surface area contributed by atoms with Crippen molar-refractivity contribution < 1.29 is 14.3 Å². The van der Waals surface area contributed by atoms with E-state index in [9.17, 15) is 9.59 Å². The molecule has 0 aliphatic carbocycles. The fourth-order valence-corrected chi connectivity index (χ4v) is 4.41. The molecular weight excluding hydrogens is 478 g/mol. The molecule has 2 heterocycles. The number of anilines is 1. The number of fused-ring (bicyclic) bond motifs is 2. The summed E-state index contributed by atoms with van der Waals surface area (Å²) in [6.45, 7) is 2.91. The highest BCUT2D eigenvalue weighted by molar-refractivity contribution is 5.96. The van der Waals surface area contributed by atoms with Crippen LogP contribution in [-0.2, 0) is 22.6 Å². The van der Waals surface area contributed by atoms with E-state index in [0.717, 1.165) is 27.5 Å². The highest BCUT2D eigenvalue weighted by Gasteiger charge is 2.17. The maximum absolute atomic E-state index is 13.0. The number of carbonyl (C=O) groups excluding carboxylic acids is 2. The molecule has 0 spiro atoms. The number of nitrogens with two attached hydrogens (primary N) is 1. The third kappa shape index (κ3) is 5.35. The number of aromatic nitrogens is 2. The predicted molar refractivity (Wildman–Crippen MR) is 149 cm³/mol. The van der Waals surface area contributed by atoms with E-state index < -0.39 is 0 Å². The monoisotopic (exact) mass is 507 g/mol. The number of esters is 1. The van der Waals surface area contributed by atoms with Gasteiger partial charge in [-0.3, -0.25) is 14.0 Å². The molecule has 0 aliphatic rings. The van der Waals surface area contributed by atoms with Crippen LogP contribution in [0.1, 0.15) is 28.4 Å². The van der Waals surface area contributed by atoms with E-state index in [1.807, 2.05) is 59.0 Å². The third-order valence-electron chi connectivity index (χ3n) is 6.30.